The molecular weight excluding hydrogens is 319 g/mol. The van der Waals surface area contributed by atoms with Gasteiger partial charge in [-0.2, -0.15) is 0 Å². The van der Waals surface area contributed by atoms with Crippen molar-refractivity contribution in [2.75, 3.05) is 19.8 Å². The lowest BCUT2D eigenvalue weighted by Gasteiger charge is -2.33. The van der Waals surface area contributed by atoms with Gasteiger partial charge in [-0.15, -0.1) is 0 Å². The number of hydrogen-bond donors (Lipinski definition) is 0. The van der Waals surface area contributed by atoms with Crippen LogP contribution >= 0.6 is 22.6 Å². The minimum atomic E-state index is 0.0983. The molecule has 1 aliphatic rings. The van der Waals surface area contributed by atoms with Gasteiger partial charge in [-0.25, -0.2) is 0 Å². The average molecular weight is 334 g/mol. The molecule has 1 saturated heterocycles. The van der Waals surface area contributed by atoms with Crippen LogP contribution in [0.4, 0.5) is 0 Å². The number of aromatic nitrogens is 1. The molecule has 0 spiro atoms. The van der Waals surface area contributed by atoms with Crippen molar-refractivity contribution in [2.45, 2.75) is 13.0 Å². The van der Waals surface area contributed by atoms with E-state index < -0.39 is 0 Å². The zero-order chi connectivity index (χ0) is 11.7. The third-order valence-electron chi connectivity index (χ3n) is 2.82. The molecule has 0 bridgehead atoms. The maximum atomic E-state index is 12.3. The first kappa shape index (κ1) is 11.9. The monoisotopic (exact) mass is 334 g/mol. The van der Waals surface area contributed by atoms with Gasteiger partial charge in [0.1, 0.15) is 5.69 Å². The molecule has 0 saturated carbocycles. The molecule has 1 aromatic rings. The van der Waals surface area contributed by atoms with Gasteiger partial charge >= 0.3 is 0 Å². The molecular formula is C11H15IN2O2. The molecule has 1 amide bonds. The summed E-state index contributed by atoms with van der Waals surface area (Å²) in [6.45, 7) is 3.97. The van der Waals surface area contributed by atoms with Crippen molar-refractivity contribution < 1.29 is 9.53 Å². The van der Waals surface area contributed by atoms with Crippen LogP contribution in [0.25, 0.3) is 0 Å². The summed E-state index contributed by atoms with van der Waals surface area (Å²) in [5, 5.41) is 0. The Balaban J connectivity index is 2.21. The van der Waals surface area contributed by atoms with E-state index in [9.17, 15) is 4.79 Å². The average Bonchev–Trinajstić information content (AvgIpc) is 2.58. The van der Waals surface area contributed by atoms with E-state index in [1.807, 2.05) is 35.7 Å². The van der Waals surface area contributed by atoms with E-state index in [-0.39, 0.29) is 11.9 Å². The first-order chi connectivity index (χ1) is 7.59. The second-order valence-corrected chi connectivity index (χ2v) is 5.32. The fourth-order valence-electron chi connectivity index (χ4n) is 1.91. The maximum Gasteiger partial charge on any atom is 0.270 e. The fourth-order valence-corrected chi connectivity index (χ4v) is 2.63. The molecule has 0 aliphatic carbocycles. The summed E-state index contributed by atoms with van der Waals surface area (Å²) >= 11 is 2.22. The van der Waals surface area contributed by atoms with Gasteiger partial charge in [0.05, 0.1) is 19.3 Å². The van der Waals surface area contributed by atoms with Crippen molar-refractivity contribution in [1.29, 1.82) is 0 Å². The predicted molar refractivity (Wildman–Crippen MR) is 69.4 cm³/mol. The summed E-state index contributed by atoms with van der Waals surface area (Å²) in [5.74, 6) is 0.0983. The summed E-state index contributed by atoms with van der Waals surface area (Å²) in [5.41, 5.74) is 0.748. The van der Waals surface area contributed by atoms with E-state index in [0.717, 1.165) is 9.26 Å². The van der Waals surface area contributed by atoms with Crippen molar-refractivity contribution in [1.82, 2.24) is 9.47 Å². The van der Waals surface area contributed by atoms with Crippen LogP contribution in [0.5, 0.6) is 0 Å². The van der Waals surface area contributed by atoms with Crippen LogP contribution < -0.4 is 0 Å². The highest BCUT2D eigenvalue weighted by Gasteiger charge is 2.26. The standard InChI is InChI=1S/C11H15IN2O2/c1-8-7-16-4-3-14(8)11(15)10-5-9(12)6-13(10)2/h5-6,8H,3-4,7H2,1-2H3. The van der Waals surface area contributed by atoms with Crippen LogP contribution in [0.1, 0.15) is 17.4 Å². The Hall–Kier alpha value is -0.560. The molecule has 4 nitrogen and oxygen atoms in total. The predicted octanol–water partition coefficient (Wildman–Crippen LogP) is 1.49. The molecule has 1 atom stereocenters. The smallest absolute Gasteiger partial charge is 0.270 e. The molecule has 0 aromatic carbocycles. The number of aryl methyl sites for hydroxylation is 1. The number of carbonyl (C=O) groups is 1. The SMILES string of the molecule is CC1COCCN1C(=O)c1cc(I)cn1C. The zero-order valence-electron chi connectivity index (χ0n) is 9.44. The number of hydrogen-bond acceptors (Lipinski definition) is 2. The summed E-state index contributed by atoms with van der Waals surface area (Å²) < 4.78 is 8.30. The Morgan fingerprint density at radius 1 is 1.62 bits per heavy atom. The second kappa shape index (κ2) is 4.75. The van der Waals surface area contributed by atoms with Gasteiger partial charge in [-0.3, -0.25) is 4.79 Å². The molecule has 0 N–H and O–H groups in total. The summed E-state index contributed by atoms with van der Waals surface area (Å²) in [7, 11) is 1.90. The lowest BCUT2D eigenvalue weighted by molar-refractivity contribution is 0.00308. The Morgan fingerprint density at radius 3 is 2.94 bits per heavy atom. The largest absolute Gasteiger partial charge is 0.377 e. The van der Waals surface area contributed by atoms with Gasteiger partial charge in [0.25, 0.3) is 5.91 Å². The van der Waals surface area contributed by atoms with Crippen LogP contribution in [0, 0.1) is 3.57 Å². The normalized spacial score (nSPS) is 21.2. The Morgan fingerprint density at radius 2 is 2.38 bits per heavy atom. The highest BCUT2D eigenvalue weighted by Crippen LogP contribution is 2.15. The van der Waals surface area contributed by atoms with E-state index in [4.69, 9.17) is 4.74 Å². The zero-order valence-corrected chi connectivity index (χ0v) is 11.6. The van der Waals surface area contributed by atoms with Gasteiger partial charge in [0.2, 0.25) is 0 Å². The number of halogens is 1. The molecule has 1 unspecified atom stereocenters. The van der Waals surface area contributed by atoms with Crippen molar-refractivity contribution >= 4 is 28.5 Å². The highest BCUT2D eigenvalue weighted by atomic mass is 127. The molecule has 0 radical (unpaired) electrons. The maximum absolute atomic E-state index is 12.3. The third kappa shape index (κ3) is 2.24. The summed E-state index contributed by atoms with van der Waals surface area (Å²) in [4.78, 5) is 14.2. The van der Waals surface area contributed by atoms with Crippen LogP contribution in [0.15, 0.2) is 12.3 Å². The Bertz CT molecular complexity index is 403. The Labute approximate surface area is 109 Å². The second-order valence-electron chi connectivity index (χ2n) is 4.08. The number of rotatable bonds is 1. The minimum Gasteiger partial charge on any atom is -0.377 e. The Kier molecular flexibility index (Phi) is 3.53. The molecule has 2 rings (SSSR count). The molecule has 1 aromatic heterocycles. The highest BCUT2D eigenvalue weighted by molar-refractivity contribution is 14.1. The molecule has 2 heterocycles. The summed E-state index contributed by atoms with van der Waals surface area (Å²) in [6, 6.07) is 2.08. The third-order valence-corrected chi connectivity index (χ3v) is 3.41. The topological polar surface area (TPSA) is 34.5 Å². The van der Waals surface area contributed by atoms with Crippen LogP contribution in [0.3, 0.4) is 0 Å². The van der Waals surface area contributed by atoms with Gasteiger partial charge in [0, 0.05) is 23.4 Å². The molecule has 88 valence electrons. The van der Waals surface area contributed by atoms with Gasteiger partial charge in [0.15, 0.2) is 0 Å². The first-order valence-electron chi connectivity index (χ1n) is 5.30. The number of ether oxygens (including phenoxy) is 1. The van der Waals surface area contributed by atoms with E-state index in [2.05, 4.69) is 22.6 Å². The van der Waals surface area contributed by atoms with Crippen LogP contribution in [-0.4, -0.2) is 41.2 Å². The van der Waals surface area contributed by atoms with Crippen molar-refractivity contribution in [3.05, 3.63) is 21.5 Å². The van der Waals surface area contributed by atoms with Gasteiger partial charge < -0.3 is 14.2 Å². The number of carbonyl (C=O) groups excluding carboxylic acids is 1. The van der Waals surface area contributed by atoms with Crippen LogP contribution in [-0.2, 0) is 11.8 Å². The van der Waals surface area contributed by atoms with Crippen molar-refractivity contribution in [2.24, 2.45) is 7.05 Å². The fraction of sp³-hybridized carbons (Fsp3) is 0.545. The lowest BCUT2D eigenvalue weighted by atomic mass is 10.2. The molecule has 5 heteroatoms. The van der Waals surface area contributed by atoms with Gasteiger partial charge in [-0.05, 0) is 35.6 Å². The molecule has 1 aliphatic heterocycles. The van der Waals surface area contributed by atoms with Crippen molar-refractivity contribution in [3.8, 4) is 0 Å². The number of morpholine rings is 1. The number of nitrogens with zero attached hydrogens (tertiary/aromatic N) is 2. The minimum absolute atomic E-state index is 0.0983. The van der Waals surface area contributed by atoms with E-state index >= 15 is 0 Å². The number of amides is 1. The van der Waals surface area contributed by atoms with Gasteiger partial charge in [-0.1, -0.05) is 0 Å². The van der Waals surface area contributed by atoms with Crippen LogP contribution in [0.2, 0.25) is 0 Å². The quantitative estimate of drug-likeness (QED) is 0.730. The summed E-state index contributed by atoms with van der Waals surface area (Å²) in [6.07, 6.45) is 1.96. The van der Waals surface area contributed by atoms with E-state index in [1.54, 1.807) is 0 Å². The molecule has 1 fully saturated rings. The molecule has 16 heavy (non-hydrogen) atoms. The first-order valence-corrected chi connectivity index (χ1v) is 6.38. The van der Waals surface area contributed by atoms with E-state index in [0.29, 0.717) is 19.8 Å². The van der Waals surface area contributed by atoms with Crippen molar-refractivity contribution in [3.63, 3.8) is 0 Å². The lowest BCUT2D eigenvalue weighted by Crippen LogP contribution is -2.47. The van der Waals surface area contributed by atoms with E-state index in [1.165, 1.54) is 0 Å².